The molecule has 8 nitrogen and oxygen atoms in total. The van der Waals surface area contributed by atoms with Crippen molar-refractivity contribution >= 4 is 19.0 Å². The van der Waals surface area contributed by atoms with Crippen LogP contribution in [0.4, 0.5) is 0 Å². The number of amides is 1. The van der Waals surface area contributed by atoms with E-state index in [-0.39, 0.29) is 17.2 Å². The smallest absolute Gasteiger partial charge is 0.534 e. The minimum atomic E-state index is -1.27. The van der Waals surface area contributed by atoms with E-state index in [9.17, 15) is 19.7 Å². The van der Waals surface area contributed by atoms with Crippen LogP contribution in [0.15, 0.2) is 18.2 Å². The standard InChI is InChI=1S/C20H30BN3O5/c22-9-2-10-23-15-7-5-13(6-8-15)11-18(25)24-17-12-14-3-1-4-16(20(26)27)19(14)29-21(17)28/h1,3-4,13,15,17,23,28H,2,5-12,22H2,(H,24,25)(H,26,27)/t13?,15?,17-/m0/s1. The first-order valence-electron chi connectivity index (χ1n) is 10.4. The van der Waals surface area contributed by atoms with E-state index in [0.29, 0.717) is 36.9 Å². The van der Waals surface area contributed by atoms with Gasteiger partial charge in [-0.2, -0.15) is 0 Å². The number of hydrogen-bond acceptors (Lipinski definition) is 6. The lowest BCUT2D eigenvalue weighted by Gasteiger charge is -2.31. The molecule has 1 atom stereocenters. The second kappa shape index (κ2) is 10.1. The Morgan fingerprint density at radius 1 is 1.24 bits per heavy atom. The van der Waals surface area contributed by atoms with E-state index < -0.39 is 19.0 Å². The third-order valence-electron chi connectivity index (χ3n) is 5.83. The summed E-state index contributed by atoms with van der Waals surface area (Å²) in [5.41, 5.74) is 6.21. The monoisotopic (exact) mass is 403 g/mol. The number of para-hydroxylation sites is 1. The number of rotatable bonds is 8. The van der Waals surface area contributed by atoms with Gasteiger partial charge >= 0.3 is 13.1 Å². The van der Waals surface area contributed by atoms with Crippen molar-refractivity contribution in [2.75, 3.05) is 13.1 Å². The van der Waals surface area contributed by atoms with Crippen molar-refractivity contribution < 1.29 is 24.4 Å². The predicted molar refractivity (Wildman–Crippen MR) is 110 cm³/mol. The molecule has 0 bridgehead atoms. The van der Waals surface area contributed by atoms with E-state index in [0.717, 1.165) is 38.6 Å². The summed E-state index contributed by atoms with van der Waals surface area (Å²) in [6, 6.07) is 5.34. The number of benzene rings is 1. The van der Waals surface area contributed by atoms with Gasteiger partial charge in [-0.05, 0) is 69.2 Å². The highest BCUT2D eigenvalue weighted by molar-refractivity contribution is 6.47. The van der Waals surface area contributed by atoms with Gasteiger partial charge in [0, 0.05) is 12.5 Å². The quantitative estimate of drug-likeness (QED) is 0.319. The number of carboxylic acids is 1. The van der Waals surface area contributed by atoms with Gasteiger partial charge in [0.2, 0.25) is 5.91 Å². The molecule has 0 spiro atoms. The Balaban J connectivity index is 1.48. The number of hydrogen-bond donors (Lipinski definition) is 5. The van der Waals surface area contributed by atoms with Gasteiger partial charge < -0.3 is 31.2 Å². The Morgan fingerprint density at radius 3 is 2.69 bits per heavy atom. The lowest BCUT2D eigenvalue weighted by molar-refractivity contribution is -0.122. The Kier molecular flexibility index (Phi) is 7.52. The molecule has 0 radical (unpaired) electrons. The Hall–Kier alpha value is -2.10. The van der Waals surface area contributed by atoms with E-state index in [1.165, 1.54) is 6.07 Å². The van der Waals surface area contributed by atoms with Crippen molar-refractivity contribution in [1.82, 2.24) is 10.6 Å². The first-order valence-corrected chi connectivity index (χ1v) is 10.4. The molecule has 0 unspecified atom stereocenters. The summed E-state index contributed by atoms with van der Waals surface area (Å²) in [6.45, 7) is 1.64. The number of nitrogens with two attached hydrogens (primary N) is 1. The minimum absolute atomic E-state index is 0.0168. The van der Waals surface area contributed by atoms with Gasteiger partial charge in [-0.1, -0.05) is 12.1 Å². The lowest BCUT2D eigenvalue weighted by atomic mass is 9.72. The predicted octanol–water partition coefficient (Wildman–Crippen LogP) is 0.712. The molecule has 1 aromatic rings. The van der Waals surface area contributed by atoms with Crippen LogP contribution in [-0.4, -0.2) is 54.2 Å². The van der Waals surface area contributed by atoms with Gasteiger partial charge in [0.25, 0.3) is 0 Å². The van der Waals surface area contributed by atoms with Crippen LogP contribution in [0.25, 0.3) is 0 Å². The van der Waals surface area contributed by atoms with E-state index in [1.807, 2.05) is 0 Å². The molecule has 9 heteroatoms. The first-order chi connectivity index (χ1) is 14.0. The van der Waals surface area contributed by atoms with Crippen LogP contribution in [0, 0.1) is 5.92 Å². The average molecular weight is 403 g/mol. The van der Waals surface area contributed by atoms with E-state index in [1.54, 1.807) is 12.1 Å². The van der Waals surface area contributed by atoms with Crippen molar-refractivity contribution in [3.8, 4) is 5.75 Å². The van der Waals surface area contributed by atoms with Crippen molar-refractivity contribution in [1.29, 1.82) is 0 Å². The third kappa shape index (κ3) is 5.71. The number of nitrogens with one attached hydrogen (secondary N) is 2. The topological polar surface area (TPSA) is 134 Å². The first kappa shape index (κ1) is 21.6. The molecule has 29 heavy (non-hydrogen) atoms. The average Bonchev–Trinajstić information content (AvgIpc) is 2.69. The molecular weight excluding hydrogens is 373 g/mol. The number of carboxylic acid groups (broad SMARTS) is 1. The molecule has 6 N–H and O–H groups in total. The van der Waals surface area contributed by atoms with Gasteiger partial charge in [-0.25, -0.2) is 4.79 Å². The SMILES string of the molecule is NCCCNC1CCC(CC(=O)N[C@H]2Cc3cccc(C(=O)O)c3OB2O)CC1. The fraction of sp³-hybridized carbons (Fsp3) is 0.600. The largest absolute Gasteiger partial charge is 0.547 e. The molecule has 3 rings (SSSR count). The Morgan fingerprint density at radius 2 is 2.00 bits per heavy atom. The van der Waals surface area contributed by atoms with Gasteiger partial charge in [0.15, 0.2) is 0 Å². The number of carbonyl (C=O) groups is 2. The zero-order valence-corrected chi connectivity index (χ0v) is 16.6. The summed E-state index contributed by atoms with van der Waals surface area (Å²) < 4.78 is 5.43. The molecule has 1 aliphatic heterocycles. The lowest BCUT2D eigenvalue weighted by Crippen LogP contribution is -2.53. The van der Waals surface area contributed by atoms with Crippen molar-refractivity contribution in [3.63, 3.8) is 0 Å². The van der Waals surface area contributed by atoms with Crippen LogP contribution in [-0.2, 0) is 11.2 Å². The molecule has 1 aliphatic carbocycles. The number of fused-ring (bicyclic) bond motifs is 1. The van der Waals surface area contributed by atoms with E-state index in [4.69, 9.17) is 10.4 Å². The summed E-state index contributed by atoms with van der Waals surface area (Å²) in [4.78, 5) is 23.8. The molecule has 1 amide bonds. The molecule has 1 saturated carbocycles. The highest BCUT2D eigenvalue weighted by atomic mass is 16.5. The summed E-state index contributed by atoms with van der Waals surface area (Å²) in [5, 5.41) is 25.9. The Labute approximate surface area is 171 Å². The van der Waals surface area contributed by atoms with Crippen molar-refractivity contribution in [2.45, 2.75) is 56.9 Å². The van der Waals surface area contributed by atoms with E-state index in [2.05, 4.69) is 10.6 Å². The summed E-state index contributed by atoms with van der Waals surface area (Å²) in [5.74, 6) is -1.28. The fourth-order valence-corrected chi connectivity index (χ4v) is 4.22. The maximum Gasteiger partial charge on any atom is 0.547 e. The fourth-order valence-electron chi connectivity index (χ4n) is 4.22. The van der Waals surface area contributed by atoms with Crippen LogP contribution in [0.2, 0.25) is 0 Å². The summed E-state index contributed by atoms with van der Waals surface area (Å²) in [6.07, 6.45) is 5.86. The summed E-state index contributed by atoms with van der Waals surface area (Å²) >= 11 is 0. The molecule has 2 aliphatic rings. The number of carbonyl (C=O) groups excluding carboxylic acids is 1. The van der Waals surface area contributed by atoms with Crippen LogP contribution >= 0.6 is 0 Å². The second-order valence-corrected chi connectivity index (χ2v) is 8.00. The van der Waals surface area contributed by atoms with Crippen LogP contribution in [0.1, 0.15) is 54.4 Å². The van der Waals surface area contributed by atoms with Gasteiger partial charge in [-0.15, -0.1) is 0 Å². The van der Waals surface area contributed by atoms with Gasteiger partial charge in [0.05, 0.1) is 11.5 Å². The molecule has 1 heterocycles. The third-order valence-corrected chi connectivity index (χ3v) is 5.83. The second-order valence-electron chi connectivity index (χ2n) is 8.00. The van der Waals surface area contributed by atoms with Crippen LogP contribution in [0.5, 0.6) is 5.75 Å². The molecule has 0 saturated heterocycles. The molecular formula is C20H30BN3O5. The normalized spacial score (nSPS) is 23.8. The van der Waals surface area contributed by atoms with E-state index >= 15 is 0 Å². The molecule has 1 fully saturated rings. The van der Waals surface area contributed by atoms with Gasteiger partial charge in [-0.3, -0.25) is 4.79 Å². The maximum absolute atomic E-state index is 12.5. The Bertz CT molecular complexity index is 724. The zero-order valence-electron chi connectivity index (χ0n) is 16.6. The maximum atomic E-state index is 12.5. The molecule has 1 aromatic carbocycles. The summed E-state index contributed by atoms with van der Waals surface area (Å²) in [7, 11) is -1.27. The highest BCUT2D eigenvalue weighted by Crippen LogP contribution is 2.31. The van der Waals surface area contributed by atoms with Crippen LogP contribution < -0.4 is 21.0 Å². The molecule has 158 valence electrons. The van der Waals surface area contributed by atoms with Crippen LogP contribution in [0.3, 0.4) is 0 Å². The highest BCUT2D eigenvalue weighted by Gasteiger charge is 2.38. The van der Waals surface area contributed by atoms with Gasteiger partial charge in [0.1, 0.15) is 5.75 Å². The van der Waals surface area contributed by atoms with Crippen molar-refractivity contribution in [2.24, 2.45) is 11.7 Å². The number of aromatic carboxylic acids is 1. The zero-order chi connectivity index (χ0) is 20.8. The molecule has 0 aromatic heterocycles. The van der Waals surface area contributed by atoms with Crippen molar-refractivity contribution in [3.05, 3.63) is 29.3 Å². The minimum Gasteiger partial charge on any atom is -0.534 e.